The molecule has 26 heavy (non-hydrogen) atoms. The molecule has 0 aliphatic heterocycles. The maximum atomic E-state index is 12.9. The van der Waals surface area contributed by atoms with Crippen molar-refractivity contribution in [3.8, 4) is 0 Å². The number of furan rings is 1. The van der Waals surface area contributed by atoms with Crippen molar-refractivity contribution in [2.75, 3.05) is 7.05 Å². The van der Waals surface area contributed by atoms with Gasteiger partial charge in [0.1, 0.15) is 11.5 Å². The van der Waals surface area contributed by atoms with Gasteiger partial charge in [-0.3, -0.25) is 9.59 Å². The topological polar surface area (TPSA) is 50.5 Å². The van der Waals surface area contributed by atoms with E-state index in [-0.39, 0.29) is 11.7 Å². The SMILES string of the molecule is Cc1ccc(CN(C)C(=O)c2ccccc2C(=O)c2ccc(Br)cc2)o1. The van der Waals surface area contributed by atoms with Gasteiger partial charge in [-0.15, -0.1) is 0 Å². The molecule has 132 valence electrons. The molecule has 0 saturated carbocycles. The second-order valence-corrected chi connectivity index (χ2v) is 6.97. The number of hydrogen-bond donors (Lipinski definition) is 0. The lowest BCUT2D eigenvalue weighted by atomic mass is 9.97. The highest BCUT2D eigenvalue weighted by atomic mass is 79.9. The van der Waals surface area contributed by atoms with Gasteiger partial charge in [0.15, 0.2) is 5.78 Å². The average Bonchev–Trinajstić information content (AvgIpc) is 3.06. The Balaban J connectivity index is 1.87. The third-order valence-electron chi connectivity index (χ3n) is 4.04. The van der Waals surface area contributed by atoms with Crippen molar-refractivity contribution in [1.29, 1.82) is 0 Å². The number of carbonyl (C=O) groups excluding carboxylic acids is 2. The van der Waals surface area contributed by atoms with Crippen molar-refractivity contribution in [2.24, 2.45) is 0 Å². The van der Waals surface area contributed by atoms with Gasteiger partial charge in [0.25, 0.3) is 5.91 Å². The first-order valence-electron chi connectivity index (χ1n) is 8.16. The molecule has 3 rings (SSSR count). The summed E-state index contributed by atoms with van der Waals surface area (Å²) >= 11 is 3.36. The lowest BCUT2D eigenvalue weighted by molar-refractivity contribution is 0.0770. The molecule has 0 fully saturated rings. The van der Waals surface area contributed by atoms with Crippen LogP contribution in [-0.2, 0) is 6.54 Å². The van der Waals surface area contributed by atoms with E-state index >= 15 is 0 Å². The van der Waals surface area contributed by atoms with E-state index in [4.69, 9.17) is 4.42 Å². The van der Waals surface area contributed by atoms with Gasteiger partial charge in [0, 0.05) is 22.6 Å². The van der Waals surface area contributed by atoms with Crippen molar-refractivity contribution in [3.63, 3.8) is 0 Å². The fourth-order valence-corrected chi connectivity index (χ4v) is 2.97. The predicted molar refractivity (Wildman–Crippen MR) is 103 cm³/mol. The van der Waals surface area contributed by atoms with Crippen LogP contribution in [-0.4, -0.2) is 23.6 Å². The second kappa shape index (κ2) is 7.70. The second-order valence-electron chi connectivity index (χ2n) is 6.06. The number of nitrogens with zero attached hydrogens (tertiary/aromatic N) is 1. The fourth-order valence-electron chi connectivity index (χ4n) is 2.71. The Morgan fingerprint density at radius 3 is 2.23 bits per heavy atom. The van der Waals surface area contributed by atoms with Gasteiger partial charge in [0.2, 0.25) is 0 Å². The van der Waals surface area contributed by atoms with Gasteiger partial charge in [0.05, 0.1) is 12.1 Å². The maximum absolute atomic E-state index is 12.9. The summed E-state index contributed by atoms with van der Waals surface area (Å²) in [6.45, 7) is 2.20. The summed E-state index contributed by atoms with van der Waals surface area (Å²) < 4.78 is 6.43. The first kappa shape index (κ1) is 18.1. The van der Waals surface area contributed by atoms with E-state index in [0.29, 0.717) is 29.0 Å². The summed E-state index contributed by atoms with van der Waals surface area (Å²) in [7, 11) is 1.70. The number of amides is 1. The summed E-state index contributed by atoms with van der Waals surface area (Å²) in [6.07, 6.45) is 0. The minimum atomic E-state index is -0.222. The lowest BCUT2D eigenvalue weighted by Crippen LogP contribution is -2.27. The highest BCUT2D eigenvalue weighted by Crippen LogP contribution is 2.19. The Bertz CT molecular complexity index is 944. The van der Waals surface area contributed by atoms with Crippen LogP contribution >= 0.6 is 15.9 Å². The van der Waals surface area contributed by atoms with Gasteiger partial charge in [-0.25, -0.2) is 0 Å². The third-order valence-corrected chi connectivity index (χ3v) is 4.57. The van der Waals surface area contributed by atoms with Crippen LogP contribution < -0.4 is 0 Å². The summed E-state index contributed by atoms with van der Waals surface area (Å²) in [5.41, 5.74) is 1.31. The number of benzene rings is 2. The number of carbonyl (C=O) groups is 2. The average molecular weight is 412 g/mol. The third kappa shape index (κ3) is 3.94. The molecular weight excluding hydrogens is 394 g/mol. The molecule has 0 bridgehead atoms. The number of hydrogen-bond acceptors (Lipinski definition) is 3. The van der Waals surface area contributed by atoms with E-state index in [1.165, 1.54) is 0 Å². The van der Waals surface area contributed by atoms with E-state index < -0.39 is 0 Å². The summed E-state index contributed by atoms with van der Waals surface area (Å²) in [6, 6.07) is 17.7. The molecule has 0 radical (unpaired) electrons. The Kier molecular flexibility index (Phi) is 5.38. The fraction of sp³-hybridized carbons (Fsp3) is 0.143. The molecule has 0 unspecified atom stereocenters. The molecule has 1 amide bonds. The first-order valence-corrected chi connectivity index (χ1v) is 8.95. The van der Waals surface area contributed by atoms with Crippen molar-refractivity contribution in [3.05, 3.63) is 93.3 Å². The molecule has 1 heterocycles. The normalized spacial score (nSPS) is 10.6. The number of halogens is 1. The monoisotopic (exact) mass is 411 g/mol. The van der Waals surface area contributed by atoms with E-state index in [1.54, 1.807) is 48.3 Å². The molecule has 5 heteroatoms. The number of rotatable bonds is 5. The van der Waals surface area contributed by atoms with Crippen LogP contribution in [0.4, 0.5) is 0 Å². The van der Waals surface area contributed by atoms with Gasteiger partial charge in [-0.05, 0) is 49.4 Å². The largest absolute Gasteiger partial charge is 0.464 e. The zero-order chi connectivity index (χ0) is 18.7. The zero-order valence-corrected chi connectivity index (χ0v) is 16.1. The van der Waals surface area contributed by atoms with E-state index in [9.17, 15) is 9.59 Å². The molecule has 2 aromatic carbocycles. The molecule has 0 spiro atoms. The number of aryl methyl sites for hydroxylation is 1. The molecule has 4 nitrogen and oxygen atoms in total. The quantitative estimate of drug-likeness (QED) is 0.563. The van der Waals surface area contributed by atoms with E-state index in [0.717, 1.165) is 10.2 Å². The minimum Gasteiger partial charge on any atom is -0.464 e. The molecule has 0 aliphatic carbocycles. The highest BCUT2D eigenvalue weighted by Gasteiger charge is 2.21. The van der Waals surface area contributed by atoms with Crippen LogP contribution in [0.5, 0.6) is 0 Å². The van der Waals surface area contributed by atoms with Crippen LogP contribution in [0, 0.1) is 6.92 Å². The van der Waals surface area contributed by atoms with Crippen LogP contribution in [0.3, 0.4) is 0 Å². The standard InChI is InChI=1S/C21H18BrNO3/c1-14-7-12-17(26-14)13-23(2)21(25)19-6-4-3-5-18(19)20(24)15-8-10-16(22)11-9-15/h3-12H,13H2,1-2H3. The Morgan fingerprint density at radius 1 is 0.962 bits per heavy atom. The number of ketones is 1. The van der Waals surface area contributed by atoms with Crippen molar-refractivity contribution in [1.82, 2.24) is 4.90 Å². The van der Waals surface area contributed by atoms with Crippen LogP contribution in [0.25, 0.3) is 0 Å². The smallest absolute Gasteiger partial charge is 0.254 e. The molecule has 1 aromatic heterocycles. The van der Waals surface area contributed by atoms with Crippen LogP contribution in [0.1, 0.15) is 37.8 Å². The summed E-state index contributed by atoms with van der Waals surface area (Å²) in [4.78, 5) is 27.3. The van der Waals surface area contributed by atoms with Crippen LogP contribution in [0.2, 0.25) is 0 Å². The zero-order valence-electron chi connectivity index (χ0n) is 14.5. The molecular formula is C21H18BrNO3. The Hall–Kier alpha value is -2.66. The lowest BCUT2D eigenvalue weighted by Gasteiger charge is -2.17. The van der Waals surface area contributed by atoms with Crippen LogP contribution in [0.15, 0.2) is 69.6 Å². The minimum absolute atomic E-state index is 0.177. The highest BCUT2D eigenvalue weighted by molar-refractivity contribution is 9.10. The molecule has 0 aliphatic rings. The van der Waals surface area contributed by atoms with Crippen molar-refractivity contribution >= 4 is 27.6 Å². The molecule has 0 N–H and O–H groups in total. The summed E-state index contributed by atoms with van der Waals surface area (Å²) in [5, 5.41) is 0. The first-order chi connectivity index (χ1) is 12.5. The molecule has 0 atom stereocenters. The predicted octanol–water partition coefficient (Wildman–Crippen LogP) is 4.85. The maximum Gasteiger partial charge on any atom is 0.254 e. The van der Waals surface area contributed by atoms with E-state index in [2.05, 4.69) is 15.9 Å². The van der Waals surface area contributed by atoms with E-state index in [1.807, 2.05) is 31.2 Å². The van der Waals surface area contributed by atoms with Gasteiger partial charge >= 0.3 is 0 Å². The molecule has 3 aromatic rings. The molecule has 0 saturated heterocycles. The van der Waals surface area contributed by atoms with Gasteiger partial charge in [-0.2, -0.15) is 0 Å². The summed E-state index contributed by atoms with van der Waals surface area (Å²) in [5.74, 6) is 1.10. The Labute approximate surface area is 160 Å². The van der Waals surface area contributed by atoms with Crippen molar-refractivity contribution in [2.45, 2.75) is 13.5 Å². The van der Waals surface area contributed by atoms with Gasteiger partial charge in [-0.1, -0.05) is 34.1 Å². The van der Waals surface area contributed by atoms with Gasteiger partial charge < -0.3 is 9.32 Å². The Morgan fingerprint density at radius 2 is 1.62 bits per heavy atom. The van der Waals surface area contributed by atoms with Crippen molar-refractivity contribution < 1.29 is 14.0 Å².